The van der Waals surface area contributed by atoms with Crippen molar-refractivity contribution in [1.29, 1.82) is 0 Å². The Morgan fingerprint density at radius 3 is 2.57 bits per heavy atom. The number of nitrogens with two attached hydrogens (primary N) is 1. The van der Waals surface area contributed by atoms with E-state index in [1.807, 2.05) is 5.38 Å². The molecule has 0 aliphatic carbocycles. The van der Waals surface area contributed by atoms with Gasteiger partial charge in [-0.25, -0.2) is 4.98 Å². The molecular weight excluding hydrogens is 312 g/mol. The van der Waals surface area contributed by atoms with Gasteiger partial charge < -0.3 is 16.4 Å². The number of nitrogens with one attached hydrogen (secondary N) is 2. The summed E-state index contributed by atoms with van der Waals surface area (Å²) in [4.78, 5) is 27.7. The number of nitrogens with zero attached hydrogens (tertiary/aromatic N) is 1. The van der Waals surface area contributed by atoms with E-state index >= 15 is 0 Å². The van der Waals surface area contributed by atoms with Crippen LogP contribution in [-0.4, -0.2) is 29.9 Å². The Morgan fingerprint density at radius 2 is 1.91 bits per heavy atom. The van der Waals surface area contributed by atoms with E-state index < -0.39 is 5.91 Å². The zero-order chi connectivity index (χ0) is 16.2. The number of piperidine rings is 1. The number of carbonyl (C=O) groups is 2. The smallest absolute Gasteiger partial charge is 0.248 e. The molecule has 1 aliphatic heterocycles. The number of primary amides is 1. The highest BCUT2D eigenvalue weighted by atomic mass is 32.1. The van der Waals surface area contributed by atoms with E-state index in [0.717, 1.165) is 37.2 Å². The number of aromatic nitrogens is 1. The van der Waals surface area contributed by atoms with Crippen molar-refractivity contribution in [3.8, 4) is 11.3 Å². The second-order valence-electron chi connectivity index (χ2n) is 5.49. The maximum Gasteiger partial charge on any atom is 0.248 e. The lowest BCUT2D eigenvalue weighted by Crippen LogP contribution is -2.34. The summed E-state index contributed by atoms with van der Waals surface area (Å²) in [7, 11) is 0. The number of hydrogen-bond donors (Lipinski definition) is 3. The Kier molecular flexibility index (Phi) is 4.68. The van der Waals surface area contributed by atoms with Crippen molar-refractivity contribution in [2.75, 3.05) is 18.4 Å². The SMILES string of the molecule is NC(=O)c1ccc(-c2csc(NC(=O)C3CCNCC3)n2)cc1. The van der Waals surface area contributed by atoms with Crippen molar-refractivity contribution >= 4 is 28.3 Å². The molecule has 120 valence electrons. The molecule has 2 amide bonds. The van der Waals surface area contributed by atoms with Crippen LogP contribution in [0.3, 0.4) is 0 Å². The quantitative estimate of drug-likeness (QED) is 0.797. The van der Waals surface area contributed by atoms with E-state index in [2.05, 4.69) is 15.6 Å². The minimum absolute atomic E-state index is 0.0384. The molecule has 2 aromatic rings. The first-order chi connectivity index (χ1) is 11.1. The third-order valence-electron chi connectivity index (χ3n) is 3.91. The number of amides is 2. The van der Waals surface area contributed by atoms with Crippen LogP contribution in [0.2, 0.25) is 0 Å². The first kappa shape index (κ1) is 15.6. The average molecular weight is 330 g/mol. The lowest BCUT2D eigenvalue weighted by atomic mass is 9.97. The summed E-state index contributed by atoms with van der Waals surface area (Å²) in [6.07, 6.45) is 1.72. The fourth-order valence-electron chi connectivity index (χ4n) is 2.56. The summed E-state index contributed by atoms with van der Waals surface area (Å²) >= 11 is 1.40. The second-order valence-corrected chi connectivity index (χ2v) is 6.35. The number of thiazole rings is 1. The zero-order valence-corrected chi connectivity index (χ0v) is 13.4. The molecule has 7 heteroatoms. The van der Waals surface area contributed by atoms with Crippen molar-refractivity contribution in [1.82, 2.24) is 10.3 Å². The van der Waals surface area contributed by atoms with Crippen LogP contribution in [0.15, 0.2) is 29.6 Å². The van der Waals surface area contributed by atoms with E-state index in [4.69, 9.17) is 5.73 Å². The van der Waals surface area contributed by atoms with Crippen LogP contribution in [0.4, 0.5) is 5.13 Å². The molecule has 0 atom stereocenters. The van der Waals surface area contributed by atoms with Crippen LogP contribution in [0.25, 0.3) is 11.3 Å². The molecule has 0 unspecified atom stereocenters. The molecule has 0 radical (unpaired) electrons. The Hall–Kier alpha value is -2.25. The van der Waals surface area contributed by atoms with E-state index in [9.17, 15) is 9.59 Å². The number of carbonyl (C=O) groups excluding carboxylic acids is 2. The van der Waals surface area contributed by atoms with Crippen LogP contribution < -0.4 is 16.4 Å². The number of anilines is 1. The van der Waals surface area contributed by atoms with Gasteiger partial charge in [-0.2, -0.15) is 0 Å². The molecule has 1 saturated heterocycles. The first-order valence-corrected chi connectivity index (χ1v) is 8.39. The van der Waals surface area contributed by atoms with Gasteiger partial charge in [0, 0.05) is 22.4 Å². The first-order valence-electron chi connectivity index (χ1n) is 7.51. The molecule has 1 aromatic heterocycles. The minimum Gasteiger partial charge on any atom is -0.366 e. The van der Waals surface area contributed by atoms with Crippen LogP contribution >= 0.6 is 11.3 Å². The van der Waals surface area contributed by atoms with Crippen molar-refractivity contribution < 1.29 is 9.59 Å². The molecule has 1 aliphatic rings. The normalized spacial score (nSPS) is 15.3. The Bertz CT molecular complexity index is 705. The van der Waals surface area contributed by atoms with E-state index in [1.165, 1.54) is 11.3 Å². The van der Waals surface area contributed by atoms with Gasteiger partial charge in [0.2, 0.25) is 11.8 Å². The summed E-state index contributed by atoms with van der Waals surface area (Å²) in [6, 6.07) is 6.94. The predicted octanol–water partition coefficient (Wildman–Crippen LogP) is 1.85. The fourth-order valence-corrected chi connectivity index (χ4v) is 3.28. The Morgan fingerprint density at radius 1 is 1.22 bits per heavy atom. The van der Waals surface area contributed by atoms with Gasteiger partial charge in [-0.1, -0.05) is 12.1 Å². The maximum atomic E-state index is 12.2. The minimum atomic E-state index is -0.454. The van der Waals surface area contributed by atoms with Crippen molar-refractivity contribution in [2.24, 2.45) is 11.7 Å². The van der Waals surface area contributed by atoms with Crippen molar-refractivity contribution in [3.05, 3.63) is 35.2 Å². The molecular formula is C16H18N4O2S. The van der Waals surface area contributed by atoms with Gasteiger partial charge in [0.05, 0.1) is 5.69 Å². The van der Waals surface area contributed by atoms with E-state index in [1.54, 1.807) is 24.3 Å². The monoisotopic (exact) mass is 330 g/mol. The summed E-state index contributed by atoms with van der Waals surface area (Å²) in [5.74, 6) is -0.361. The highest BCUT2D eigenvalue weighted by Gasteiger charge is 2.21. The fraction of sp³-hybridized carbons (Fsp3) is 0.312. The molecule has 6 nitrogen and oxygen atoms in total. The summed E-state index contributed by atoms with van der Waals surface area (Å²) in [5.41, 5.74) is 7.34. The van der Waals surface area contributed by atoms with Gasteiger partial charge in [-0.3, -0.25) is 9.59 Å². The topological polar surface area (TPSA) is 97.1 Å². The third kappa shape index (κ3) is 3.75. The zero-order valence-electron chi connectivity index (χ0n) is 12.5. The molecule has 0 bridgehead atoms. The largest absolute Gasteiger partial charge is 0.366 e. The molecule has 4 N–H and O–H groups in total. The van der Waals surface area contributed by atoms with Gasteiger partial charge in [0.25, 0.3) is 0 Å². The van der Waals surface area contributed by atoms with E-state index in [0.29, 0.717) is 10.7 Å². The highest BCUT2D eigenvalue weighted by molar-refractivity contribution is 7.14. The predicted molar refractivity (Wildman–Crippen MR) is 90.3 cm³/mol. The van der Waals surface area contributed by atoms with Crippen LogP contribution in [-0.2, 0) is 4.79 Å². The van der Waals surface area contributed by atoms with Crippen LogP contribution in [0.5, 0.6) is 0 Å². The lowest BCUT2D eigenvalue weighted by molar-refractivity contribution is -0.120. The molecule has 3 rings (SSSR count). The standard InChI is InChI=1S/C16H18N4O2S/c17-14(21)11-3-1-10(2-4-11)13-9-23-16(19-13)20-15(22)12-5-7-18-8-6-12/h1-4,9,12,18H,5-8H2,(H2,17,21)(H,19,20,22). The molecule has 0 spiro atoms. The van der Waals surface area contributed by atoms with Gasteiger partial charge >= 0.3 is 0 Å². The molecule has 23 heavy (non-hydrogen) atoms. The third-order valence-corrected chi connectivity index (χ3v) is 4.67. The highest BCUT2D eigenvalue weighted by Crippen LogP contribution is 2.26. The summed E-state index contributed by atoms with van der Waals surface area (Å²) in [5, 5.41) is 8.63. The van der Waals surface area contributed by atoms with Crippen molar-refractivity contribution in [3.63, 3.8) is 0 Å². The number of hydrogen-bond acceptors (Lipinski definition) is 5. The summed E-state index contributed by atoms with van der Waals surface area (Å²) < 4.78 is 0. The second kappa shape index (κ2) is 6.89. The summed E-state index contributed by atoms with van der Waals surface area (Å²) in [6.45, 7) is 1.76. The molecule has 1 aromatic carbocycles. The van der Waals surface area contributed by atoms with Gasteiger partial charge in [0.1, 0.15) is 0 Å². The molecule has 2 heterocycles. The van der Waals surface area contributed by atoms with Crippen molar-refractivity contribution in [2.45, 2.75) is 12.8 Å². The molecule has 1 fully saturated rings. The van der Waals surface area contributed by atoms with Crippen LogP contribution in [0.1, 0.15) is 23.2 Å². The average Bonchev–Trinajstić information content (AvgIpc) is 3.04. The van der Waals surface area contributed by atoms with Gasteiger partial charge in [0.15, 0.2) is 5.13 Å². The maximum absolute atomic E-state index is 12.2. The van der Waals surface area contributed by atoms with Gasteiger partial charge in [-0.05, 0) is 38.1 Å². The molecule has 0 saturated carbocycles. The number of rotatable bonds is 4. The number of benzene rings is 1. The van der Waals surface area contributed by atoms with Crippen LogP contribution in [0, 0.1) is 5.92 Å². The Balaban J connectivity index is 1.67. The van der Waals surface area contributed by atoms with E-state index in [-0.39, 0.29) is 11.8 Å². The lowest BCUT2D eigenvalue weighted by Gasteiger charge is -2.20. The Labute approximate surface area is 138 Å². The van der Waals surface area contributed by atoms with Gasteiger partial charge in [-0.15, -0.1) is 11.3 Å².